The highest BCUT2D eigenvalue weighted by molar-refractivity contribution is 6.32. The predicted octanol–water partition coefficient (Wildman–Crippen LogP) is -1.17. The predicted molar refractivity (Wildman–Crippen MR) is 31.2 cm³/mol. The Bertz CT molecular complexity index is 99.5. The molecular weight excluding hydrogens is 120 g/mol. The van der Waals surface area contributed by atoms with E-state index >= 15 is 0 Å². The average Bonchev–Trinajstić information content (AvgIpc) is 1.65. The number of carbonyl (C=O) groups excluding carboxylic acids is 2. The number of Topliss-reactive ketones (excluding diaryl/α,β-unsaturated/α-hetero) is 1. The van der Waals surface area contributed by atoms with E-state index in [0.29, 0.717) is 0 Å². The summed E-state index contributed by atoms with van der Waals surface area (Å²) in [6, 6.07) is 0. The first kappa shape index (κ1) is 10.8. The minimum absolute atomic E-state index is 0. The summed E-state index contributed by atoms with van der Waals surface area (Å²) < 4.78 is 4.02. The lowest BCUT2D eigenvalue weighted by Crippen LogP contribution is -2.10. The summed E-state index contributed by atoms with van der Waals surface area (Å²) in [5.41, 5.74) is 0. The SMILES string of the molecule is COC(=O)C(C)=O.[MgH2]. The number of ketones is 1. The Morgan fingerprint density at radius 3 is 1.75 bits per heavy atom. The first-order valence-electron chi connectivity index (χ1n) is 1.77. The van der Waals surface area contributed by atoms with Crippen molar-refractivity contribution in [3.8, 4) is 0 Å². The van der Waals surface area contributed by atoms with E-state index in [1.807, 2.05) is 0 Å². The lowest BCUT2D eigenvalue weighted by molar-refractivity contribution is -0.150. The van der Waals surface area contributed by atoms with Gasteiger partial charge in [-0.05, 0) is 0 Å². The van der Waals surface area contributed by atoms with E-state index in [2.05, 4.69) is 4.74 Å². The first-order chi connectivity index (χ1) is 3.18. The summed E-state index contributed by atoms with van der Waals surface area (Å²) in [5.74, 6) is -1.36. The molecule has 3 nitrogen and oxygen atoms in total. The van der Waals surface area contributed by atoms with Crippen LogP contribution in [0.2, 0.25) is 0 Å². The van der Waals surface area contributed by atoms with Crippen LogP contribution < -0.4 is 0 Å². The molecule has 0 spiro atoms. The second-order valence-electron chi connectivity index (χ2n) is 1.05. The van der Waals surface area contributed by atoms with Gasteiger partial charge in [-0.25, -0.2) is 4.79 Å². The van der Waals surface area contributed by atoms with Gasteiger partial charge in [0.15, 0.2) is 0 Å². The van der Waals surface area contributed by atoms with Crippen LogP contribution in [0.4, 0.5) is 0 Å². The summed E-state index contributed by atoms with van der Waals surface area (Å²) in [7, 11) is 1.17. The molecule has 0 aromatic rings. The van der Waals surface area contributed by atoms with E-state index in [-0.39, 0.29) is 23.1 Å². The lowest BCUT2D eigenvalue weighted by atomic mass is 10.5. The molecule has 0 N–H and O–H groups in total. The van der Waals surface area contributed by atoms with E-state index in [1.54, 1.807) is 0 Å². The van der Waals surface area contributed by atoms with Crippen molar-refractivity contribution in [1.29, 1.82) is 0 Å². The van der Waals surface area contributed by atoms with E-state index in [4.69, 9.17) is 0 Å². The molecular formula is C4H8MgO3. The van der Waals surface area contributed by atoms with Gasteiger partial charge in [0.2, 0.25) is 5.78 Å². The normalized spacial score (nSPS) is 6.75. The van der Waals surface area contributed by atoms with Gasteiger partial charge in [0, 0.05) is 6.92 Å². The van der Waals surface area contributed by atoms with Crippen molar-refractivity contribution in [2.75, 3.05) is 7.11 Å². The Morgan fingerprint density at radius 1 is 1.38 bits per heavy atom. The Kier molecular flexibility index (Phi) is 6.83. The molecule has 0 aromatic heterocycles. The molecule has 0 rings (SSSR count). The van der Waals surface area contributed by atoms with Gasteiger partial charge >= 0.3 is 29.0 Å². The molecule has 0 amide bonds. The van der Waals surface area contributed by atoms with E-state index < -0.39 is 11.8 Å². The van der Waals surface area contributed by atoms with Gasteiger partial charge < -0.3 is 4.74 Å². The quantitative estimate of drug-likeness (QED) is 0.254. The maximum atomic E-state index is 9.94. The topological polar surface area (TPSA) is 43.4 Å². The molecule has 4 heteroatoms. The van der Waals surface area contributed by atoms with Crippen molar-refractivity contribution in [3.05, 3.63) is 0 Å². The summed E-state index contributed by atoms with van der Waals surface area (Å²) in [6.07, 6.45) is 0. The highest BCUT2D eigenvalue weighted by Crippen LogP contribution is 1.71. The fourth-order valence-corrected chi connectivity index (χ4v) is 0.144. The van der Waals surface area contributed by atoms with Crippen LogP contribution in [0, 0.1) is 0 Å². The molecule has 0 unspecified atom stereocenters. The summed E-state index contributed by atoms with van der Waals surface area (Å²) in [5, 5.41) is 0. The fourth-order valence-electron chi connectivity index (χ4n) is 0.144. The van der Waals surface area contributed by atoms with Crippen molar-refractivity contribution in [2.45, 2.75) is 6.92 Å². The highest BCUT2D eigenvalue weighted by Gasteiger charge is 2.03. The fraction of sp³-hybridized carbons (Fsp3) is 0.500. The monoisotopic (exact) mass is 128 g/mol. The maximum Gasteiger partial charge on any atom is 0.374 e. The Balaban J connectivity index is 0. The van der Waals surface area contributed by atoms with Crippen LogP contribution in [0.15, 0.2) is 0 Å². The molecule has 0 saturated heterocycles. The van der Waals surface area contributed by atoms with Crippen LogP contribution in [0.3, 0.4) is 0 Å². The van der Waals surface area contributed by atoms with Gasteiger partial charge in [-0.1, -0.05) is 0 Å². The van der Waals surface area contributed by atoms with Crippen molar-refractivity contribution in [2.24, 2.45) is 0 Å². The molecule has 0 fully saturated rings. The minimum atomic E-state index is -0.792. The molecule has 0 aromatic carbocycles. The van der Waals surface area contributed by atoms with Gasteiger partial charge in [-0.15, -0.1) is 0 Å². The van der Waals surface area contributed by atoms with E-state index in [9.17, 15) is 9.59 Å². The smallest absolute Gasteiger partial charge is 0.374 e. The second kappa shape index (κ2) is 5.05. The minimum Gasteiger partial charge on any atom is -0.463 e. The zero-order chi connectivity index (χ0) is 5.86. The van der Waals surface area contributed by atoms with Gasteiger partial charge in [0.1, 0.15) is 0 Å². The summed E-state index contributed by atoms with van der Waals surface area (Å²) in [6.45, 7) is 1.16. The first-order valence-corrected chi connectivity index (χ1v) is 1.77. The van der Waals surface area contributed by atoms with Crippen LogP contribution in [0.25, 0.3) is 0 Å². The highest BCUT2D eigenvalue weighted by atomic mass is 24.3. The third-order valence-electron chi connectivity index (χ3n) is 0.473. The molecule has 0 radical (unpaired) electrons. The van der Waals surface area contributed by atoms with Crippen LogP contribution in [0.5, 0.6) is 0 Å². The maximum absolute atomic E-state index is 9.94. The van der Waals surface area contributed by atoms with Crippen molar-refractivity contribution in [1.82, 2.24) is 0 Å². The van der Waals surface area contributed by atoms with Crippen LogP contribution in [-0.2, 0) is 14.3 Å². The number of rotatable bonds is 1. The summed E-state index contributed by atoms with van der Waals surface area (Å²) in [4.78, 5) is 19.8. The molecule has 8 heavy (non-hydrogen) atoms. The number of esters is 1. The van der Waals surface area contributed by atoms with Crippen molar-refractivity contribution >= 4 is 34.8 Å². The Morgan fingerprint density at radius 2 is 1.75 bits per heavy atom. The molecule has 0 aliphatic carbocycles. The van der Waals surface area contributed by atoms with Crippen LogP contribution >= 0.6 is 0 Å². The van der Waals surface area contributed by atoms with Crippen LogP contribution in [-0.4, -0.2) is 41.9 Å². The van der Waals surface area contributed by atoms with Crippen molar-refractivity contribution in [3.63, 3.8) is 0 Å². The van der Waals surface area contributed by atoms with E-state index in [0.717, 1.165) is 6.92 Å². The van der Waals surface area contributed by atoms with Gasteiger partial charge in [0.05, 0.1) is 7.11 Å². The Labute approximate surface area is 63.5 Å². The standard InChI is InChI=1S/C4H6O3.Mg.2H/c1-3(5)4(6)7-2;;;/h1-2H3;;;. The van der Waals surface area contributed by atoms with Gasteiger partial charge in [-0.2, -0.15) is 0 Å². The largest absolute Gasteiger partial charge is 0.463 e. The molecule has 0 atom stereocenters. The number of carbonyl (C=O) groups is 2. The molecule has 0 heterocycles. The third-order valence-corrected chi connectivity index (χ3v) is 0.473. The Hall–Kier alpha value is -0.0938. The molecule has 0 saturated carbocycles. The number of hydrogen-bond donors (Lipinski definition) is 0. The zero-order valence-corrected chi connectivity index (χ0v) is 4.22. The number of methoxy groups -OCH3 is 1. The van der Waals surface area contributed by atoms with Gasteiger partial charge in [0.25, 0.3) is 0 Å². The summed E-state index contributed by atoms with van der Waals surface area (Å²) >= 11 is 0. The zero-order valence-electron chi connectivity index (χ0n) is 4.22. The third kappa shape index (κ3) is 4.08. The van der Waals surface area contributed by atoms with Gasteiger partial charge in [-0.3, -0.25) is 4.79 Å². The van der Waals surface area contributed by atoms with E-state index in [1.165, 1.54) is 7.11 Å². The number of hydrogen-bond acceptors (Lipinski definition) is 3. The van der Waals surface area contributed by atoms with Crippen LogP contribution in [0.1, 0.15) is 6.92 Å². The molecule has 0 aliphatic heterocycles. The number of ether oxygens (including phenoxy) is 1. The molecule has 0 aliphatic rings. The lowest BCUT2D eigenvalue weighted by Gasteiger charge is -1.86. The molecule has 44 valence electrons. The molecule has 0 bridgehead atoms. The average molecular weight is 128 g/mol. The second-order valence-corrected chi connectivity index (χ2v) is 1.05. The van der Waals surface area contributed by atoms with Crippen molar-refractivity contribution < 1.29 is 14.3 Å².